The van der Waals surface area contributed by atoms with E-state index in [1.807, 2.05) is 41.5 Å². The summed E-state index contributed by atoms with van der Waals surface area (Å²) in [4.78, 5) is 22.6. The topological polar surface area (TPSA) is 54.4 Å². The third kappa shape index (κ3) is 3.47. The number of hydrogen-bond donors (Lipinski definition) is 1. The van der Waals surface area contributed by atoms with Gasteiger partial charge in [0.25, 0.3) is 0 Å². The first-order chi connectivity index (χ1) is 8.98. The van der Waals surface area contributed by atoms with Crippen LogP contribution in [0.2, 0.25) is 0 Å². The molecule has 0 amide bonds. The second-order valence-corrected chi connectivity index (χ2v) is 7.21. The maximum Gasteiger partial charge on any atom is 0.169 e. The van der Waals surface area contributed by atoms with Crippen molar-refractivity contribution >= 4 is 12.1 Å². The molecule has 0 unspecified atom stereocenters. The van der Waals surface area contributed by atoms with Crippen LogP contribution in [0.4, 0.5) is 0 Å². The molecular formula is C17H24O3. The number of hydrogen-bond acceptors (Lipinski definition) is 3. The standard InChI is InChI=1S/C17H24O3/c1-16(2,3)12-9-11(14(19)7-8-18)10-13(15(12)20)17(4,5)6/h8-10,20H,7H2,1-6H3. The van der Waals surface area contributed by atoms with E-state index < -0.39 is 0 Å². The largest absolute Gasteiger partial charge is 0.507 e. The molecule has 3 heteroatoms. The molecule has 1 N–H and O–H groups in total. The van der Waals surface area contributed by atoms with E-state index in [0.29, 0.717) is 11.8 Å². The van der Waals surface area contributed by atoms with E-state index in [9.17, 15) is 14.7 Å². The minimum absolute atomic E-state index is 0.127. The van der Waals surface area contributed by atoms with Crippen LogP contribution in [0.5, 0.6) is 5.75 Å². The Balaban J connectivity index is 3.58. The van der Waals surface area contributed by atoms with Gasteiger partial charge in [-0.1, -0.05) is 41.5 Å². The minimum atomic E-state index is -0.276. The molecular weight excluding hydrogens is 252 g/mol. The summed E-state index contributed by atoms with van der Waals surface area (Å²) < 4.78 is 0. The van der Waals surface area contributed by atoms with Crippen LogP contribution in [-0.4, -0.2) is 17.2 Å². The molecule has 0 fully saturated rings. The van der Waals surface area contributed by atoms with Crippen molar-refractivity contribution in [2.45, 2.75) is 58.8 Å². The van der Waals surface area contributed by atoms with E-state index in [1.54, 1.807) is 12.1 Å². The number of Topliss-reactive ketones (excluding diaryl/α,β-unsaturated/α-hetero) is 1. The number of phenols is 1. The van der Waals surface area contributed by atoms with Crippen molar-refractivity contribution < 1.29 is 14.7 Å². The van der Waals surface area contributed by atoms with E-state index in [2.05, 4.69) is 0 Å². The van der Waals surface area contributed by atoms with Gasteiger partial charge in [-0.05, 0) is 23.0 Å². The van der Waals surface area contributed by atoms with E-state index in [1.165, 1.54) is 0 Å². The SMILES string of the molecule is CC(C)(C)c1cc(C(=O)CC=O)cc(C(C)(C)C)c1O. The fourth-order valence-electron chi connectivity index (χ4n) is 2.13. The van der Waals surface area contributed by atoms with E-state index >= 15 is 0 Å². The maximum absolute atomic E-state index is 12.0. The van der Waals surface area contributed by atoms with E-state index in [0.717, 1.165) is 11.1 Å². The Hall–Kier alpha value is -1.64. The van der Waals surface area contributed by atoms with Crippen molar-refractivity contribution in [3.63, 3.8) is 0 Å². The fraction of sp³-hybridized carbons (Fsp3) is 0.529. The van der Waals surface area contributed by atoms with Gasteiger partial charge in [0.15, 0.2) is 5.78 Å². The van der Waals surface area contributed by atoms with Crippen LogP contribution in [-0.2, 0) is 15.6 Å². The zero-order valence-electron chi connectivity index (χ0n) is 13.2. The fourth-order valence-corrected chi connectivity index (χ4v) is 2.13. The number of aromatic hydroxyl groups is 1. The summed E-state index contributed by atoms with van der Waals surface area (Å²) in [7, 11) is 0. The van der Waals surface area contributed by atoms with E-state index in [-0.39, 0.29) is 28.8 Å². The quantitative estimate of drug-likeness (QED) is 0.519. The van der Waals surface area contributed by atoms with Crippen LogP contribution < -0.4 is 0 Å². The van der Waals surface area contributed by atoms with Crippen molar-refractivity contribution in [1.29, 1.82) is 0 Å². The zero-order chi connectivity index (χ0) is 15.7. The monoisotopic (exact) mass is 276 g/mol. The Morgan fingerprint density at radius 3 is 1.75 bits per heavy atom. The molecule has 0 aromatic heterocycles. The average molecular weight is 276 g/mol. The van der Waals surface area contributed by atoms with Gasteiger partial charge in [0, 0.05) is 16.7 Å². The molecule has 110 valence electrons. The van der Waals surface area contributed by atoms with Crippen LogP contribution in [0.3, 0.4) is 0 Å². The summed E-state index contributed by atoms with van der Waals surface area (Å²) in [5.41, 5.74) is 1.41. The van der Waals surface area contributed by atoms with Gasteiger partial charge in [0.1, 0.15) is 12.0 Å². The molecule has 0 bridgehead atoms. The molecule has 0 atom stereocenters. The van der Waals surface area contributed by atoms with Gasteiger partial charge < -0.3 is 9.90 Å². The molecule has 0 radical (unpaired) electrons. The lowest BCUT2D eigenvalue weighted by Crippen LogP contribution is -2.19. The predicted octanol–water partition coefficient (Wildman–Crippen LogP) is 3.76. The molecule has 0 saturated carbocycles. The third-order valence-electron chi connectivity index (χ3n) is 3.32. The summed E-state index contributed by atoms with van der Waals surface area (Å²) in [6.07, 6.45) is 0.487. The second-order valence-electron chi connectivity index (χ2n) is 7.21. The first-order valence-corrected chi connectivity index (χ1v) is 6.83. The number of ketones is 1. The highest BCUT2D eigenvalue weighted by Gasteiger charge is 2.27. The molecule has 1 aromatic rings. The number of rotatable bonds is 3. The minimum Gasteiger partial charge on any atom is -0.507 e. The molecule has 0 aliphatic rings. The maximum atomic E-state index is 12.0. The van der Waals surface area contributed by atoms with Crippen molar-refractivity contribution in [3.8, 4) is 5.75 Å². The Labute approximate surface area is 121 Å². The number of phenolic OH excluding ortho intramolecular Hbond substituents is 1. The molecule has 1 aromatic carbocycles. The van der Waals surface area contributed by atoms with Gasteiger partial charge in [0.2, 0.25) is 0 Å². The molecule has 20 heavy (non-hydrogen) atoms. The summed E-state index contributed by atoms with van der Waals surface area (Å²) >= 11 is 0. The molecule has 0 spiro atoms. The first kappa shape index (κ1) is 16.4. The summed E-state index contributed by atoms with van der Waals surface area (Å²) in [6, 6.07) is 3.41. The van der Waals surface area contributed by atoms with Gasteiger partial charge in [0.05, 0.1) is 6.42 Å². The van der Waals surface area contributed by atoms with Crippen LogP contribution in [0.25, 0.3) is 0 Å². The van der Waals surface area contributed by atoms with Gasteiger partial charge in [-0.25, -0.2) is 0 Å². The molecule has 0 aliphatic heterocycles. The number of aldehydes is 1. The lowest BCUT2D eigenvalue weighted by Gasteiger charge is -2.28. The van der Waals surface area contributed by atoms with Gasteiger partial charge in [-0.3, -0.25) is 4.79 Å². The summed E-state index contributed by atoms with van der Waals surface area (Å²) in [5, 5.41) is 10.5. The molecule has 0 aliphatic carbocycles. The lowest BCUT2D eigenvalue weighted by atomic mass is 9.78. The van der Waals surface area contributed by atoms with Crippen molar-refractivity contribution in [1.82, 2.24) is 0 Å². The molecule has 0 saturated heterocycles. The third-order valence-corrected chi connectivity index (χ3v) is 3.32. The van der Waals surface area contributed by atoms with Gasteiger partial charge in [-0.2, -0.15) is 0 Å². The van der Waals surface area contributed by atoms with Crippen molar-refractivity contribution in [3.05, 3.63) is 28.8 Å². The Morgan fingerprint density at radius 2 is 1.45 bits per heavy atom. The highest BCUT2D eigenvalue weighted by Crippen LogP contribution is 2.39. The molecule has 1 rings (SSSR count). The lowest BCUT2D eigenvalue weighted by molar-refractivity contribution is -0.107. The molecule has 0 heterocycles. The van der Waals surface area contributed by atoms with Crippen LogP contribution >= 0.6 is 0 Å². The van der Waals surface area contributed by atoms with E-state index in [4.69, 9.17) is 0 Å². The normalized spacial score (nSPS) is 12.3. The predicted molar refractivity (Wildman–Crippen MR) is 80.5 cm³/mol. The van der Waals surface area contributed by atoms with Crippen LogP contribution in [0, 0.1) is 0 Å². The second kappa shape index (κ2) is 5.39. The number of carbonyl (C=O) groups excluding carboxylic acids is 2. The summed E-state index contributed by atoms with van der Waals surface area (Å²) in [5.74, 6) is 0.0312. The first-order valence-electron chi connectivity index (χ1n) is 6.83. The number of benzene rings is 1. The van der Waals surface area contributed by atoms with Crippen molar-refractivity contribution in [2.24, 2.45) is 0 Å². The highest BCUT2D eigenvalue weighted by atomic mass is 16.3. The highest BCUT2D eigenvalue weighted by molar-refractivity contribution is 6.03. The Kier molecular flexibility index (Phi) is 4.42. The molecule has 3 nitrogen and oxygen atoms in total. The van der Waals surface area contributed by atoms with Crippen molar-refractivity contribution in [2.75, 3.05) is 0 Å². The van der Waals surface area contributed by atoms with Crippen LogP contribution in [0.15, 0.2) is 12.1 Å². The Morgan fingerprint density at radius 1 is 1.05 bits per heavy atom. The van der Waals surface area contributed by atoms with Crippen LogP contribution in [0.1, 0.15) is 69.4 Å². The zero-order valence-corrected chi connectivity index (χ0v) is 13.2. The Bertz CT molecular complexity index is 493. The number of carbonyl (C=O) groups is 2. The van der Waals surface area contributed by atoms with Gasteiger partial charge in [-0.15, -0.1) is 0 Å². The van der Waals surface area contributed by atoms with Gasteiger partial charge >= 0.3 is 0 Å². The average Bonchev–Trinajstić information content (AvgIpc) is 2.26. The smallest absolute Gasteiger partial charge is 0.169 e. The summed E-state index contributed by atoms with van der Waals surface area (Å²) in [6.45, 7) is 11.9.